The van der Waals surface area contributed by atoms with Crippen LogP contribution in [-0.2, 0) is 17.1 Å². The van der Waals surface area contributed by atoms with E-state index >= 15 is 0 Å². The van der Waals surface area contributed by atoms with Gasteiger partial charge in [0.2, 0.25) is 11.0 Å². The molecule has 100 valence electrons. The predicted octanol–water partition coefficient (Wildman–Crippen LogP) is 0.454. The Labute approximate surface area is 112 Å². The van der Waals surface area contributed by atoms with Crippen molar-refractivity contribution in [2.45, 2.75) is 17.5 Å². The van der Waals surface area contributed by atoms with Crippen LogP contribution in [-0.4, -0.2) is 43.4 Å². The molecule has 0 spiro atoms. The molecule has 0 aromatic carbocycles. The summed E-state index contributed by atoms with van der Waals surface area (Å²) in [5, 5.41) is 20.0. The lowest BCUT2D eigenvalue weighted by Crippen LogP contribution is -2.11. The number of aliphatic carboxylic acids is 1. The molecular weight excluding hydrogens is 270 g/mol. The van der Waals surface area contributed by atoms with Crippen LogP contribution in [0.15, 0.2) is 23.4 Å². The predicted molar refractivity (Wildman–Crippen MR) is 65.8 cm³/mol. The number of methoxy groups -OCH3 is 1. The second kappa shape index (κ2) is 6.14. The van der Waals surface area contributed by atoms with Gasteiger partial charge in [-0.2, -0.15) is 0 Å². The molecule has 2 rings (SSSR count). The highest BCUT2D eigenvalue weighted by molar-refractivity contribution is 7.98. The van der Waals surface area contributed by atoms with Gasteiger partial charge in [0.1, 0.15) is 6.54 Å². The van der Waals surface area contributed by atoms with E-state index in [4.69, 9.17) is 9.84 Å². The molecular formula is C10H11N5O3S. The number of pyridine rings is 1. The second-order valence-electron chi connectivity index (χ2n) is 3.47. The summed E-state index contributed by atoms with van der Waals surface area (Å²) >= 11 is 1.31. The number of carboxylic acids is 1. The van der Waals surface area contributed by atoms with E-state index in [1.165, 1.54) is 16.4 Å². The first-order valence-electron chi connectivity index (χ1n) is 5.29. The highest BCUT2D eigenvalue weighted by Gasteiger charge is 2.10. The molecule has 0 fully saturated rings. The number of nitrogens with zero attached hydrogens (tertiary/aromatic N) is 5. The van der Waals surface area contributed by atoms with Crippen molar-refractivity contribution in [3.8, 4) is 5.88 Å². The molecule has 2 heterocycles. The Balaban J connectivity index is 2.02. The summed E-state index contributed by atoms with van der Waals surface area (Å²) in [6.45, 7) is -0.263. The topological polar surface area (TPSA) is 103 Å². The van der Waals surface area contributed by atoms with Crippen molar-refractivity contribution in [3.05, 3.63) is 23.9 Å². The first-order chi connectivity index (χ1) is 9.19. The summed E-state index contributed by atoms with van der Waals surface area (Å²) < 4.78 is 6.25. The van der Waals surface area contributed by atoms with Gasteiger partial charge in [-0.1, -0.05) is 17.8 Å². The third-order valence-electron chi connectivity index (χ3n) is 2.12. The standard InChI is InChI=1S/C10H11N5O3S/c1-18-8-4-2-3-7(11-8)6-19-10-12-13-14-15(10)5-9(16)17/h2-4H,5-6H2,1H3,(H,16,17). The maximum absolute atomic E-state index is 10.6. The first-order valence-corrected chi connectivity index (χ1v) is 6.28. The van der Waals surface area contributed by atoms with Gasteiger partial charge in [0.15, 0.2) is 0 Å². The Kier molecular flexibility index (Phi) is 4.29. The van der Waals surface area contributed by atoms with Crippen LogP contribution >= 0.6 is 11.8 Å². The van der Waals surface area contributed by atoms with Crippen LogP contribution in [0.1, 0.15) is 5.69 Å². The Bertz CT molecular complexity index is 574. The summed E-state index contributed by atoms with van der Waals surface area (Å²) in [7, 11) is 1.55. The molecule has 0 aliphatic heterocycles. The van der Waals surface area contributed by atoms with E-state index in [1.54, 1.807) is 13.2 Å². The minimum atomic E-state index is -0.992. The SMILES string of the molecule is COc1cccc(CSc2nnnn2CC(=O)O)n1. The lowest BCUT2D eigenvalue weighted by atomic mass is 10.4. The second-order valence-corrected chi connectivity index (χ2v) is 4.42. The van der Waals surface area contributed by atoms with Crippen LogP contribution < -0.4 is 4.74 Å². The molecule has 0 aliphatic rings. The maximum atomic E-state index is 10.6. The van der Waals surface area contributed by atoms with Crippen LogP contribution in [0.25, 0.3) is 0 Å². The third kappa shape index (κ3) is 3.65. The zero-order chi connectivity index (χ0) is 13.7. The number of thioether (sulfide) groups is 1. The molecule has 9 heteroatoms. The van der Waals surface area contributed by atoms with Crippen molar-refractivity contribution in [1.82, 2.24) is 25.2 Å². The first kappa shape index (κ1) is 13.3. The molecule has 0 saturated carbocycles. The molecule has 1 N–H and O–H groups in total. The molecule has 0 radical (unpaired) electrons. The molecule has 0 bridgehead atoms. The molecule has 2 aromatic rings. The van der Waals surface area contributed by atoms with Crippen molar-refractivity contribution in [2.75, 3.05) is 7.11 Å². The van der Waals surface area contributed by atoms with Crippen molar-refractivity contribution in [3.63, 3.8) is 0 Å². The highest BCUT2D eigenvalue weighted by Crippen LogP contribution is 2.19. The molecule has 0 amide bonds. The largest absolute Gasteiger partial charge is 0.481 e. The van der Waals surface area contributed by atoms with Gasteiger partial charge in [0, 0.05) is 11.8 Å². The Morgan fingerprint density at radius 1 is 1.53 bits per heavy atom. The van der Waals surface area contributed by atoms with E-state index in [2.05, 4.69) is 20.5 Å². The minimum Gasteiger partial charge on any atom is -0.481 e. The Morgan fingerprint density at radius 3 is 3.11 bits per heavy atom. The molecule has 0 saturated heterocycles. The zero-order valence-corrected chi connectivity index (χ0v) is 10.9. The van der Waals surface area contributed by atoms with Gasteiger partial charge in [-0.05, 0) is 16.5 Å². The fraction of sp³-hybridized carbons (Fsp3) is 0.300. The lowest BCUT2D eigenvalue weighted by molar-refractivity contribution is -0.138. The normalized spacial score (nSPS) is 10.4. The summed E-state index contributed by atoms with van der Waals surface area (Å²) in [6, 6.07) is 5.44. The van der Waals surface area contributed by atoms with Crippen molar-refractivity contribution in [1.29, 1.82) is 0 Å². The van der Waals surface area contributed by atoms with Crippen molar-refractivity contribution in [2.24, 2.45) is 0 Å². The zero-order valence-electron chi connectivity index (χ0n) is 10.1. The fourth-order valence-electron chi connectivity index (χ4n) is 1.32. The number of hydrogen-bond acceptors (Lipinski definition) is 7. The summed E-state index contributed by atoms with van der Waals surface area (Å²) in [5.41, 5.74) is 0.800. The van der Waals surface area contributed by atoms with E-state index in [9.17, 15) is 4.79 Å². The van der Waals surface area contributed by atoms with Crippen LogP contribution in [0.5, 0.6) is 5.88 Å². The summed E-state index contributed by atoms with van der Waals surface area (Å²) in [6.07, 6.45) is 0. The van der Waals surface area contributed by atoms with E-state index in [1.807, 2.05) is 12.1 Å². The van der Waals surface area contributed by atoms with Crippen molar-refractivity contribution >= 4 is 17.7 Å². The maximum Gasteiger partial charge on any atom is 0.325 e. The molecule has 0 unspecified atom stereocenters. The van der Waals surface area contributed by atoms with Gasteiger partial charge in [0.25, 0.3) is 0 Å². The average molecular weight is 281 g/mol. The number of ether oxygens (including phenoxy) is 1. The molecule has 2 aromatic heterocycles. The van der Waals surface area contributed by atoms with Crippen LogP contribution in [0.4, 0.5) is 0 Å². The van der Waals surface area contributed by atoms with Crippen LogP contribution in [0.3, 0.4) is 0 Å². The highest BCUT2D eigenvalue weighted by atomic mass is 32.2. The van der Waals surface area contributed by atoms with Crippen molar-refractivity contribution < 1.29 is 14.6 Å². The smallest absolute Gasteiger partial charge is 0.325 e. The van der Waals surface area contributed by atoms with E-state index in [0.717, 1.165) is 5.69 Å². The van der Waals surface area contributed by atoms with Gasteiger partial charge in [-0.25, -0.2) is 9.67 Å². The van der Waals surface area contributed by atoms with Gasteiger partial charge in [-0.3, -0.25) is 4.79 Å². The summed E-state index contributed by atoms with van der Waals surface area (Å²) in [4.78, 5) is 14.9. The van der Waals surface area contributed by atoms with E-state index < -0.39 is 5.97 Å². The number of hydrogen-bond donors (Lipinski definition) is 1. The quantitative estimate of drug-likeness (QED) is 0.761. The molecule has 0 atom stereocenters. The molecule has 19 heavy (non-hydrogen) atoms. The third-order valence-corrected chi connectivity index (χ3v) is 3.11. The minimum absolute atomic E-state index is 0.263. The van der Waals surface area contributed by atoms with E-state index in [-0.39, 0.29) is 6.54 Å². The lowest BCUT2D eigenvalue weighted by Gasteiger charge is -2.03. The number of tetrazole rings is 1. The summed E-state index contributed by atoms with van der Waals surface area (Å²) in [5.74, 6) is 0.0638. The number of carboxylic acid groups (broad SMARTS) is 1. The van der Waals surface area contributed by atoms with Crippen LogP contribution in [0.2, 0.25) is 0 Å². The number of aromatic nitrogens is 5. The van der Waals surface area contributed by atoms with E-state index in [0.29, 0.717) is 16.8 Å². The van der Waals surface area contributed by atoms with Gasteiger partial charge >= 0.3 is 5.97 Å². The number of rotatable bonds is 6. The Hall–Kier alpha value is -2.16. The number of carbonyl (C=O) groups is 1. The average Bonchev–Trinajstić information content (AvgIpc) is 2.83. The molecule has 8 nitrogen and oxygen atoms in total. The van der Waals surface area contributed by atoms with Gasteiger partial charge in [0.05, 0.1) is 12.8 Å². The fourth-order valence-corrected chi connectivity index (χ4v) is 2.10. The van der Waals surface area contributed by atoms with Gasteiger partial charge in [-0.15, -0.1) is 5.10 Å². The molecule has 0 aliphatic carbocycles. The Morgan fingerprint density at radius 2 is 2.37 bits per heavy atom. The van der Waals surface area contributed by atoms with Gasteiger partial charge < -0.3 is 9.84 Å². The monoisotopic (exact) mass is 281 g/mol. The van der Waals surface area contributed by atoms with Crippen LogP contribution in [0, 0.1) is 0 Å².